The van der Waals surface area contributed by atoms with Crippen molar-refractivity contribution in [3.63, 3.8) is 0 Å². The monoisotopic (exact) mass is 496 g/mol. The number of nitrogens with one attached hydrogen (secondary N) is 2. The van der Waals surface area contributed by atoms with Crippen molar-refractivity contribution in [3.05, 3.63) is 64.5 Å². The van der Waals surface area contributed by atoms with Crippen LogP contribution in [0.2, 0.25) is 0 Å². The molecule has 2 saturated heterocycles. The molecule has 2 aromatic carbocycles. The molecule has 2 N–H and O–H groups in total. The molecule has 3 heterocycles. The number of piperidine rings is 1. The molecule has 190 valence electrons. The Morgan fingerprint density at radius 3 is 2.58 bits per heavy atom. The first-order valence-corrected chi connectivity index (χ1v) is 12.2. The molecule has 9 heteroatoms. The van der Waals surface area contributed by atoms with Gasteiger partial charge in [-0.15, -0.1) is 0 Å². The normalized spacial score (nSPS) is 25.8. The van der Waals surface area contributed by atoms with Crippen LogP contribution in [0, 0.1) is 5.82 Å². The van der Waals surface area contributed by atoms with E-state index in [1.807, 2.05) is 13.8 Å². The lowest BCUT2D eigenvalue weighted by molar-refractivity contribution is -0.136. The maximum atomic E-state index is 15.7. The quantitative estimate of drug-likeness (QED) is 0.598. The molecule has 0 spiro atoms. The number of morpholine rings is 1. The molecule has 5 rings (SSSR count). The molecule has 3 atom stereocenters. The molecule has 36 heavy (non-hydrogen) atoms. The van der Waals surface area contributed by atoms with Crippen LogP contribution >= 0.6 is 0 Å². The standard InChI is InChI=1S/C27H31FN4O4/c1-16-12-31(13-17(2)36-16)14-19-6-3-5-18(25(19)28)11-29-22-8-4-7-20-21(22)15-32(27(20)35)23-9-10-24(33)30-26(23)34/h3-8,16-17,23,29H,9-15H2,1-2H3,(H,30,33,34)/i11D2. The largest absolute Gasteiger partial charge is 0.381 e. The molecular formula is C27H31FN4O4. The summed E-state index contributed by atoms with van der Waals surface area (Å²) < 4.78 is 38.9. The number of anilines is 1. The summed E-state index contributed by atoms with van der Waals surface area (Å²) >= 11 is 0. The number of carbonyl (C=O) groups is 3. The predicted octanol–water partition coefficient (Wildman–Crippen LogP) is 2.81. The zero-order valence-corrected chi connectivity index (χ0v) is 20.3. The molecule has 0 bridgehead atoms. The third-order valence-corrected chi connectivity index (χ3v) is 6.88. The number of hydrogen-bond acceptors (Lipinski definition) is 6. The zero-order valence-electron chi connectivity index (χ0n) is 22.3. The van der Waals surface area contributed by atoms with Crippen LogP contribution in [0.15, 0.2) is 36.4 Å². The van der Waals surface area contributed by atoms with E-state index in [4.69, 9.17) is 7.48 Å². The number of hydrogen-bond donors (Lipinski definition) is 2. The van der Waals surface area contributed by atoms with Crippen LogP contribution in [0.5, 0.6) is 0 Å². The second-order valence-corrected chi connectivity index (χ2v) is 9.71. The lowest BCUT2D eigenvalue weighted by atomic mass is 10.0. The third-order valence-electron chi connectivity index (χ3n) is 6.88. The maximum Gasteiger partial charge on any atom is 0.255 e. The Kier molecular flexibility index (Phi) is 6.09. The van der Waals surface area contributed by atoms with Crippen LogP contribution in [0.25, 0.3) is 0 Å². The lowest BCUT2D eigenvalue weighted by Gasteiger charge is -2.35. The van der Waals surface area contributed by atoms with Crippen molar-refractivity contribution in [2.75, 3.05) is 18.4 Å². The molecular weight excluding hydrogens is 463 g/mol. The van der Waals surface area contributed by atoms with E-state index < -0.39 is 24.3 Å². The van der Waals surface area contributed by atoms with Gasteiger partial charge in [0.15, 0.2) is 0 Å². The van der Waals surface area contributed by atoms with Crippen LogP contribution in [0.4, 0.5) is 10.1 Å². The smallest absolute Gasteiger partial charge is 0.255 e. The van der Waals surface area contributed by atoms with Gasteiger partial charge in [-0.2, -0.15) is 0 Å². The van der Waals surface area contributed by atoms with Gasteiger partial charge < -0.3 is 15.0 Å². The fourth-order valence-electron chi connectivity index (χ4n) is 5.29. The molecule has 0 aliphatic carbocycles. The van der Waals surface area contributed by atoms with Gasteiger partial charge in [-0.25, -0.2) is 4.39 Å². The van der Waals surface area contributed by atoms with Crippen molar-refractivity contribution in [2.24, 2.45) is 0 Å². The Morgan fingerprint density at radius 2 is 1.83 bits per heavy atom. The van der Waals surface area contributed by atoms with Gasteiger partial charge >= 0.3 is 0 Å². The minimum atomic E-state index is -2.29. The van der Waals surface area contributed by atoms with Crippen LogP contribution < -0.4 is 10.6 Å². The highest BCUT2D eigenvalue weighted by atomic mass is 19.1. The molecule has 8 nitrogen and oxygen atoms in total. The molecule has 2 fully saturated rings. The molecule has 0 radical (unpaired) electrons. The van der Waals surface area contributed by atoms with Crippen LogP contribution in [0.3, 0.4) is 0 Å². The Hall–Kier alpha value is -3.30. The Morgan fingerprint density at radius 1 is 1.11 bits per heavy atom. The molecule has 0 saturated carbocycles. The molecule has 2 aromatic rings. The number of amides is 3. The lowest BCUT2D eigenvalue weighted by Crippen LogP contribution is -2.52. The summed E-state index contributed by atoms with van der Waals surface area (Å²) in [5.41, 5.74) is 1.48. The average molecular weight is 497 g/mol. The molecule has 0 aromatic heterocycles. The highest BCUT2D eigenvalue weighted by molar-refractivity contribution is 6.06. The number of rotatable bonds is 6. The minimum Gasteiger partial charge on any atom is -0.381 e. The van der Waals surface area contributed by atoms with E-state index in [1.165, 1.54) is 11.0 Å². The number of fused-ring (bicyclic) bond motifs is 1. The SMILES string of the molecule is [2H]C([2H])(Nc1cccc2c1CN(C1CCC(=O)NC1=O)C2=O)c1cccc(CN2CC(C)OC(C)C2)c1F. The summed E-state index contributed by atoms with van der Waals surface area (Å²) in [5, 5.41) is 5.08. The number of halogens is 1. The topological polar surface area (TPSA) is 91.0 Å². The van der Waals surface area contributed by atoms with Crippen LogP contribution in [-0.2, 0) is 33.9 Å². The first-order chi connectivity index (χ1) is 18.0. The summed E-state index contributed by atoms with van der Waals surface area (Å²) in [4.78, 5) is 40.5. The number of carbonyl (C=O) groups excluding carboxylic acids is 3. The van der Waals surface area contributed by atoms with Gasteiger partial charge in [0.2, 0.25) is 11.8 Å². The third kappa shape index (κ3) is 4.85. The van der Waals surface area contributed by atoms with Gasteiger partial charge in [-0.05, 0) is 32.4 Å². The van der Waals surface area contributed by atoms with E-state index in [2.05, 4.69) is 15.5 Å². The van der Waals surface area contributed by atoms with Crippen molar-refractivity contribution in [3.8, 4) is 0 Å². The van der Waals surface area contributed by atoms with Crippen molar-refractivity contribution in [1.82, 2.24) is 15.1 Å². The van der Waals surface area contributed by atoms with Gasteiger partial charge in [-0.1, -0.05) is 24.3 Å². The van der Waals surface area contributed by atoms with E-state index in [1.54, 1.807) is 30.3 Å². The van der Waals surface area contributed by atoms with Crippen molar-refractivity contribution in [1.29, 1.82) is 0 Å². The van der Waals surface area contributed by atoms with Crippen molar-refractivity contribution < 1.29 is 26.3 Å². The van der Waals surface area contributed by atoms with E-state index in [-0.39, 0.29) is 49.0 Å². The van der Waals surface area contributed by atoms with Crippen LogP contribution in [0.1, 0.15) is 56.5 Å². The summed E-state index contributed by atoms with van der Waals surface area (Å²) in [6.45, 7) is 3.40. The fourth-order valence-corrected chi connectivity index (χ4v) is 5.29. The van der Waals surface area contributed by atoms with Gasteiger partial charge in [0.1, 0.15) is 11.9 Å². The summed E-state index contributed by atoms with van der Waals surface area (Å²) in [6, 6.07) is 8.82. The Bertz CT molecular complexity index is 1280. The van der Waals surface area contributed by atoms with Gasteiger partial charge in [0.05, 0.1) is 14.9 Å². The van der Waals surface area contributed by atoms with Crippen LogP contribution in [-0.4, -0.2) is 58.9 Å². The summed E-state index contributed by atoms with van der Waals surface area (Å²) in [7, 11) is 0. The number of benzene rings is 2. The summed E-state index contributed by atoms with van der Waals surface area (Å²) in [6.07, 6.45) is 0.427. The Labute approximate surface area is 212 Å². The molecule has 3 unspecified atom stereocenters. The van der Waals surface area contributed by atoms with E-state index in [0.29, 0.717) is 42.0 Å². The number of nitrogens with zero attached hydrogens (tertiary/aromatic N) is 2. The first-order valence-electron chi connectivity index (χ1n) is 13.2. The highest BCUT2D eigenvalue weighted by Gasteiger charge is 2.39. The van der Waals surface area contributed by atoms with E-state index in [0.717, 1.165) is 0 Å². The second kappa shape index (κ2) is 9.99. The van der Waals surface area contributed by atoms with Gasteiger partial charge in [0.25, 0.3) is 5.91 Å². The molecule has 3 aliphatic rings. The average Bonchev–Trinajstić information content (AvgIpc) is 3.17. The molecule has 3 amide bonds. The highest BCUT2D eigenvalue weighted by Crippen LogP contribution is 2.32. The molecule has 3 aliphatic heterocycles. The van der Waals surface area contributed by atoms with Crippen molar-refractivity contribution in [2.45, 2.75) is 64.5 Å². The van der Waals surface area contributed by atoms with E-state index >= 15 is 4.39 Å². The number of imide groups is 1. The van der Waals surface area contributed by atoms with Crippen molar-refractivity contribution >= 4 is 23.4 Å². The number of ether oxygens (including phenoxy) is 1. The van der Waals surface area contributed by atoms with Gasteiger partial charge in [-0.3, -0.25) is 24.6 Å². The maximum absolute atomic E-state index is 15.7. The predicted molar refractivity (Wildman–Crippen MR) is 131 cm³/mol. The fraction of sp³-hybridized carbons (Fsp3) is 0.444. The summed E-state index contributed by atoms with van der Waals surface area (Å²) in [5.74, 6) is -1.87. The Balaban J connectivity index is 1.37. The second-order valence-electron chi connectivity index (χ2n) is 9.71. The van der Waals surface area contributed by atoms with E-state index in [9.17, 15) is 14.4 Å². The zero-order chi connectivity index (χ0) is 27.2. The van der Waals surface area contributed by atoms with Gasteiger partial charge in [0, 0.05) is 67.0 Å². The minimum absolute atomic E-state index is 0.0285. The first kappa shape index (κ1) is 21.9.